The first-order chi connectivity index (χ1) is 7.22. The molecule has 5 heteroatoms. The summed E-state index contributed by atoms with van der Waals surface area (Å²) >= 11 is 6.01. The van der Waals surface area contributed by atoms with E-state index >= 15 is 0 Å². The van der Waals surface area contributed by atoms with Crippen LogP contribution in [0.25, 0.3) is 0 Å². The molecule has 1 aromatic carbocycles. The number of hydrogen-bond donors (Lipinski definition) is 0. The Morgan fingerprint density at radius 2 is 2.13 bits per heavy atom. The maximum atomic E-state index is 10.1. The van der Waals surface area contributed by atoms with E-state index in [1.807, 2.05) is 0 Å². The van der Waals surface area contributed by atoms with Gasteiger partial charge in [0.2, 0.25) is 12.9 Å². The van der Waals surface area contributed by atoms with Gasteiger partial charge in [-0.1, -0.05) is 11.6 Å². The van der Waals surface area contributed by atoms with E-state index in [2.05, 4.69) is 4.99 Å². The summed E-state index contributed by atoms with van der Waals surface area (Å²) < 4.78 is 10.4. The zero-order valence-corrected chi connectivity index (χ0v) is 8.75. The third-order valence-corrected chi connectivity index (χ3v) is 2.52. The fourth-order valence-corrected chi connectivity index (χ4v) is 1.71. The lowest BCUT2D eigenvalue weighted by Gasteiger charge is -2.08. The second-order valence-corrected chi connectivity index (χ2v) is 3.53. The molecule has 15 heavy (non-hydrogen) atoms. The molecule has 0 aliphatic carbocycles. The normalized spacial score (nSPS) is 14.5. The minimum Gasteiger partial charge on any atom is -0.454 e. The van der Waals surface area contributed by atoms with Crippen molar-refractivity contribution in [2.75, 3.05) is 6.79 Å². The lowest BCUT2D eigenvalue weighted by molar-refractivity contribution is 0.174. The lowest BCUT2D eigenvalue weighted by atomic mass is 10.1. The van der Waals surface area contributed by atoms with Crippen LogP contribution in [0.4, 0.5) is 0 Å². The monoisotopic (exact) mass is 225 g/mol. The van der Waals surface area contributed by atoms with E-state index in [1.54, 1.807) is 19.1 Å². The summed E-state index contributed by atoms with van der Waals surface area (Å²) in [5.41, 5.74) is 0.726. The molecule has 0 saturated carbocycles. The van der Waals surface area contributed by atoms with Crippen LogP contribution in [0.15, 0.2) is 17.1 Å². The van der Waals surface area contributed by atoms with E-state index in [4.69, 9.17) is 21.1 Å². The maximum Gasteiger partial charge on any atom is 0.235 e. The van der Waals surface area contributed by atoms with Crippen LogP contribution >= 0.6 is 11.6 Å². The van der Waals surface area contributed by atoms with Crippen molar-refractivity contribution in [3.05, 3.63) is 22.7 Å². The van der Waals surface area contributed by atoms with Gasteiger partial charge in [-0.3, -0.25) is 0 Å². The highest BCUT2D eigenvalue weighted by Gasteiger charge is 2.18. The molecule has 1 aliphatic rings. The van der Waals surface area contributed by atoms with Gasteiger partial charge in [-0.15, -0.1) is 0 Å². The van der Waals surface area contributed by atoms with Gasteiger partial charge in [-0.25, -0.2) is 4.79 Å². The molecule has 4 nitrogen and oxygen atoms in total. The van der Waals surface area contributed by atoms with Gasteiger partial charge in [0.05, 0.1) is 6.04 Å². The Kier molecular flexibility index (Phi) is 2.62. The molecule has 78 valence electrons. The smallest absolute Gasteiger partial charge is 0.235 e. The van der Waals surface area contributed by atoms with Gasteiger partial charge < -0.3 is 9.47 Å². The van der Waals surface area contributed by atoms with E-state index < -0.39 is 0 Å². The predicted molar refractivity (Wildman–Crippen MR) is 54.1 cm³/mol. The van der Waals surface area contributed by atoms with Crippen molar-refractivity contribution in [2.45, 2.75) is 13.0 Å². The average Bonchev–Trinajstić information content (AvgIpc) is 2.63. The van der Waals surface area contributed by atoms with Crippen molar-refractivity contribution in [1.29, 1.82) is 0 Å². The fraction of sp³-hybridized carbons (Fsp3) is 0.300. The molecule has 1 heterocycles. The molecular formula is C10H8ClNO3. The molecule has 2 rings (SSSR count). The van der Waals surface area contributed by atoms with Gasteiger partial charge in [-0.05, 0) is 18.6 Å². The minimum atomic E-state index is -0.329. The highest BCUT2D eigenvalue weighted by atomic mass is 35.5. The molecule has 1 unspecified atom stereocenters. The van der Waals surface area contributed by atoms with E-state index in [-0.39, 0.29) is 12.8 Å². The van der Waals surface area contributed by atoms with Crippen LogP contribution in [0.1, 0.15) is 18.5 Å². The van der Waals surface area contributed by atoms with Crippen LogP contribution in [0.5, 0.6) is 11.5 Å². The van der Waals surface area contributed by atoms with Crippen molar-refractivity contribution in [3.63, 3.8) is 0 Å². The van der Waals surface area contributed by atoms with Crippen molar-refractivity contribution >= 4 is 17.7 Å². The molecular weight excluding hydrogens is 218 g/mol. The third-order valence-electron chi connectivity index (χ3n) is 2.19. The predicted octanol–water partition coefficient (Wildman–Crippen LogP) is 2.47. The quantitative estimate of drug-likeness (QED) is 0.574. The first-order valence-electron chi connectivity index (χ1n) is 4.38. The Bertz CT molecular complexity index is 441. The summed E-state index contributed by atoms with van der Waals surface area (Å²) in [5.74, 6) is 1.24. The summed E-state index contributed by atoms with van der Waals surface area (Å²) in [7, 11) is 0. The first-order valence-corrected chi connectivity index (χ1v) is 4.76. The molecule has 1 atom stereocenters. The van der Waals surface area contributed by atoms with Crippen molar-refractivity contribution < 1.29 is 14.3 Å². The largest absolute Gasteiger partial charge is 0.454 e. The van der Waals surface area contributed by atoms with Crippen molar-refractivity contribution in [1.82, 2.24) is 0 Å². The average molecular weight is 226 g/mol. The molecule has 0 N–H and O–H groups in total. The van der Waals surface area contributed by atoms with Gasteiger partial charge in [0, 0.05) is 11.1 Å². The Morgan fingerprint density at radius 3 is 2.80 bits per heavy atom. The van der Waals surface area contributed by atoms with Crippen LogP contribution in [0, 0.1) is 0 Å². The minimum absolute atomic E-state index is 0.195. The number of benzene rings is 1. The highest BCUT2D eigenvalue weighted by molar-refractivity contribution is 6.31. The molecule has 0 radical (unpaired) electrons. The molecule has 0 amide bonds. The Hall–Kier alpha value is -1.51. The van der Waals surface area contributed by atoms with Crippen LogP contribution in [0.2, 0.25) is 5.02 Å². The van der Waals surface area contributed by atoms with Crippen LogP contribution in [-0.4, -0.2) is 12.9 Å². The molecule has 1 aromatic rings. The summed E-state index contributed by atoms with van der Waals surface area (Å²) in [6.45, 7) is 1.95. The number of nitrogens with zero attached hydrogens (tertiary/aromatic N) is 1. The number of fused-ring (bicyclic) bond motifs is 1. The van der Waals surface area contributed by atoms with E-state index in [0.29, 0.717) is 16.5 Å². The molecule has 0 fully saturated rings. The molecule has 0 bridgehead atoms. The summed E-state index contributed by atoms with van der Waals surface area (Å²) in [6.07, 6.45) is 1.51. The van der Waals surface area contributed by atoms with Gasteiger partial charge in [0.25, 0.3) is 0 Å². The van der Waals surface area contributed by atoms with Gasteiger partial charge in [0.15, 0.2) is 11.5 Å². The number of isocyanates is 1. The molecule has 0 saturated heterocycles. The summed E-state index contributed by atoms with van der Waals surface area (Å²) in [5, 5.41) is 0.505. The molecule has 0 spiro atoms. The molecule has 0 aromatic heterocycles. The van der Waals surface area contributed by atoms with Crippen LogP contribution in [-0.2, 0) is 4.79 Å². The van der Waals surface area contributed by atoms with Crippen molar-refractivity contribution in [3.8, 4) is 11.5 Å². The van der Waals surface area contributed by atoms with Gasteiger partial charge >= 0.3 is 0 Å². The number of ether oxygens (including phenoxy) is 2. The first kappa shape index (κ1) is 10.0. The van der Waals surface area contributed by atoms with E-state index in [0.717, 1.165) is 5.56 Å². The summed E-state index contributed by atoms with van der Waals surface area (Å²) in [6, 6.07) is 3.07. The zero-order chi connectivity index (χ0) is 10.8. The SMILES string of the molecule is CC(N=C=O)c1cc2c(cc1Cl)OCO2. The number of carbonyl (C=O) groups excluding carboxylic acids is 1. The topological polar surface area (TPSA) is 47.9 Å². The maximum absolute atomic E-state index is 10.1. The van der Waals surface area contributed by atoms with Gasteiger partial charge in [-0.2, -0.15) is 4.99 Å². The Morgan fingerprint density at radius 1 is 1.47 bits per heavy atom. The number of rotatable bonds is 2. The van der Waals surface area contributed by atoms with E-state index in [9.17, 15) is 4.79 Å². The van der Waals surface area contributed by atoms with Crippen LogP contribution < -0.4 is 9.47 Å². The Balaban J connectivity index is 2.44. The third kappa shape index (κ3) is 1.82. The second kappa shape index (κ2) is 3.93. The summed E-state index contributed by atoms with van der Waals surface area (Å²) in [4.78, 5) is 13.7. The number of aliphatic imine (C=N–C) groups is 1. The number of halogens is 1. The number of hydrogen-bond acceptors (Lipinski definition) is 4. The molecule has 1 aliphatic heterocycles. The second-order valence-electron chi connectivity index (χ2n) is 3.12. The Labute approximate surface area is 91.5 Å². The standard InChI is InChI=1S/C10H8ClNO3/c1-6(12-4-13)7-2-9-10(3-8(7)11)15-5-14-9/h2-3,6H,5H2,1H3. The van der Waals surface area contributed by atoms with Crippen LogP contribution in [0.3, 0.4) is 0 Å². The zero-order valence-electron chi connectivity index (χ0n) is 7.99. The highest BCUT2D eigenvalue weighted by Crippen LogP contribution is 2.39. The fourth-order valence-electron chi connectivity index (χ4n) is 1.40. The van der Waals surface area contributed by atoms with Crippen molar-refractivity contribution in [2.24, 2.45) is 4.99 Å². The lowest BCUT2D eigenvalue weighted by Crippen LogP contribution is -1.93. The van der Waals surface area contributed by atoms with E-state index in [1.165, 1.54) is 6.08 Å². The van der Waals surface area contributed by atoms with Gasteiger partial charge in [0.1, 0.15) is 0 Å².